The summed E-state index contributed by atoms with van der Waals surface area (Å²) in [6, 6.07) is 1.39. The molecule has 0 radical (unpaired) electrons. The molecule has 1 fully saturated rings. The van der Waals surface area contributed by atoms with Crippen molar-refractivity contribution in [3.05, 3.63) is 22.7 Å². The Morgan fingerprint density at radius 1 is 1.12 bits per heavy atom. The van der Waals surface area contributed by atoms with E-state index in [1.54, 1.807) is 6.92 Å². The van der Waals surface area contributed by atoms with E-state index in [0.717, 1.165) is 4.57 Å². The van der Waals surface area contributed by atoms with Gasteiger partial charge in [0.15, 0.2) is 6.23 Å². The maximum absolute atomic E-state index is 12.5. The van der Waals surface area contributed by atoms with Crippen molar-refractivity contribution in [1.29, 1.82) is 0 Å². The number of amides is 1. The highest BCUT2D eigenvalue weighted by atomic mass is 16.9. The van der Waals surface area contributed by atoms with Crippen molar-refractivity contribution < 1.29 is 47.9 Å². The van der Waals surface area contributed by atoms with Crippen LogP contribution >= 0.6 is 0 Å². The van der Waals surface area contributed by atoms with Crippen molar-refractivity contribution in [3.63, 3.8) is 0 Å². The molecule has 34 heavy (non-hydrogen) atoms. The third-order valence-corrected chi connectivity index (χ3v) is 4.41. The molecule has 1 amide bonds. The predicted octanol–water partition coefficient (Wildman–Crippen LogP) is -0.692. The van der Waals surface area contributed by atoms with Crippen LogP contribution in [0.1, 0.15) is 33.9 Å². The molecule has 0 aliphatic carbocycles. The molecule has 1 aliphatic heterocycles. The van der Waals surface area contributed by atoms with E-state index in [4.69, 9.17) is 28.4 Å². The summed E-state index contributed by atoms with van der Waals surface area (Å²) in [6.45, 7) is 3.59. The van der Waals surface area contributed by atoms with Crippen LogP contribution in [0.3, 0.4) is 0 Å². The van der Waals surface area contributed by atoms with E-state index in [2.05, 4.69) is 10.3 Å². The Kier molecular flexibility index (Phi) is 10.5. The fraction of sp³-hybridized carbons (Fsp3) is 0.650. The number of nitrogens with zero attached hydrogens (tertiary/aromatic N) is 2. The fourth-order valence-corrected chi connectivity index (χ4v) is 2.96. The van der Waals surface area contributed by atoms with Crippen LogP contribution in [0.15, 0.2) is 17.1 Å². The van der Waals surface area contributed by atoms with Gasteiger partial charge in [0.1, 0.15) is 31.2 Å². The Bertz CT molecular complexity index is 884. The molecule has 2 rings (SSSR count). The van der Waals surface area contributed by atoms with Gasteiger partial charge in [0.2, 0.25) is 5.91 Å². The topological polar surface area (TPSA) is 174 Å². The van der Waals surface area contributed by atoms with Crippen LogP contribution in [0.5, 0.6) is 0 Å². The molecule has 1 saturated heterocycles. The third-order valence-electron chi connectivity index (χ3n) is 4.41. The summed E-state index contributed by atoms with van der Waals surface area (Å²) in [5.41, 5.74) is -0.755. The number of aromatic nitrogens is 2. The minimum atomic E-state index is -1.38. The van der Waals surface area contributed by atoms with E-state index < -0.39 is 54.6 Å². The summed E-state index contributed by atoms with van der Waals surface area (Å²) in [6.07, 6.45) is -2.80. The van der Waals surface area contributed by atoms with Gasteiger partial charge in [0.05, 0.1) is 19.3 Å². The lowest BCUT2D eigenvalue weighted by Crippen LogP contribution is -2.41. The van der Waals surface area contributed by atoms with Crippen molar-refractivity contribution >= 4 is 23.7 Å². The summed E-state index contributed by atoms with van der Waals surface area (Å²) in [5.74, 6) is -1.34. The number of aliphatic hydroxyl groups is 1. The Labute approximate surface area is 195 Å². The summed E-state index contributed by atoms with van der Waals surface area (Å²) >= 11 is 0. The first-order valence-corrected chi connectivity index (χ1v) is 10.4. The van der Waals surface area contributed by atoms with Crippen LogP contribution in [-0.4, -0.2) is 83.7 Å². The first-order valence-electron chi connectivity index (χ1n) is 10.4. The second-order valence-corrected chi connectivity index (χ2v) is 7.22. The standard InChI is InChI=1S/C20H29N3O11/c1-11-16(27)17(18(33-11)23-6-5-15(21-12(2)24)22-19(23)28)34-20(31-9-7-29-13(3)25)32-10-8-30-14(4)26/h5-6,11,16-18,20,27H,7-10H2,1-4H3,(H,21,22,24,28)/t11-,16+,17?,18-/m1/s1. The lowest BCUT2D eigenvalue weighted by molar-refractivity contribution is -0.321. The quantitative estimate of drug-likeness (QED) is 0.216. The number of carbonyl (C=O) groups excluding carboxylic acids is 3. The largest absolute Gasteiger partial charge is 0.463 e. The predicted molar refractivity (Wildman–Crippen MR) is 112 cm³/mol. The summed E-state index contributed by atoms with van der Waals surface area (Å²) < 4.78 is 33.0. The van der Waals surface area contributed by atoms with Gasteiger partial charge in [-0.25, -0.2) is 4.79 Å². The monoisotopic (exact) mass is 487 g/mol. The van der Waals surface area contributed by atoms with Crippen LogP contribution in [0.25, 0.3) is 0 Å². The molecule has 1 unspecified atom stereocenters. The summed E-state index contributed by atoms with van der Waals surface area (Å²) in [5, 5.41) is 13.0. The Balaban J connectivity index is 2.14. The highest BCUT2D eigenvalue weighted by Crippen LogP contribution is 2.32. The molecule has 2 heterocycles. The van der Waals surface area contributed by atoms with Gasteiger partial charge in [0, 0.05) is 27.0 Å². The Morgan fingerprint density at radius 2 is 1.71 bits per heavy atom. The normalized spacial score (nSPS) is 21.9. The van der Waals surface area contributed by atoms with Gasteiger partial charge in [-0.05, 0) is 13.0 Å². The molecule has 2 N–H and O–H groups in total. The molecule has 190 valence electrons. The molecular formula is C20H29N3O11. The zero-order chi connectivity index (χ0) is 25.3. The molecule has 0 saturated carbocycles. The van der Waals surface area contributed by atoms with Crippen LogP contribution in [-0.2, 0) is 42.8 Å². The summed E-state index contributed by atoms with van der Waals surface area (Å²) in [7, 11) is 0. The number of aliphatic hydroxyl groups excluding tert-OH is 1. The van der Waals surface area contributed by atoms with E-state index in [0.29, 0.717) is 0 Å². The molecule has 14 heteroatoms. The number of carbonyl (C=O) groups is 3. The number of hydrogen-bond donors (Lipinski definition) is 2. The number of ether oxygens (including phenoxy) is 6. The zero-order valence-corrected chi connectivity index (χ0v) is 19.3. The Morgan fingerprint density at radius 3 is 2.21 bits per heavy atom. The van der Waals surface area contributed by atoms with Crippen molar-refractivity contribution in [2.24, 2.45) is 0 Å². The van der Waals surface area contributed by atoms with Gasteiger partial charge >= 0.3 is 17.6 Å². The van der Waals surface area contributed by atoms with Crippen molar-refractivity contribution in [2.75, 3.05) is 31.7 Å². The smallest absolute Gasteiger partial charge is 0.351 e. The number of anilines is 1. The van der Waals surface area contributed by atoms with Crippen molar-refractivity contribution in [1.82, 2.24) is 9.55 Å². The number of hydrogen-bond acceptors (Lipinski definition) is 12. The average molecular weight is 487 g/mol. The lowest BCUT2D eigenvalue weighted by atomic mass is 10.1. The van der Waals surface area contributed by atoms with Crippen LogP contribution < -0.4 is 11.0 Å². The van der Waals surface area contributed by atoms with E-state index in [1.807, 2.05) is 0 Å². The number of rotatable bonds is 12. The third kappa shape index (κ3) is 8.46. The van der Waals surface area contributed by atoms with Gasteiger partial charge in [-0.2, -0.15) is 4.98 Å². The molecule has 1 aliphatic rings. The molecule has 0 aromatic carbocycles. The SMILES string of the molecule is CC(=O)Nc1ccn([C@@H]2O[C@H](C)[C@H](O)C2OC(OCCOC(C)=O)OCCOC(C)=O)c(=O)n1. The van der Waals surface area contributed by atoms with Gasteiger partial charge in [0.25, 0.3) is 6.48 Å². The minimum Gasteiger partial charge on any atom is -0.463 e. The fourth-order valence-electron chi connectivity index (χ4n) is 2.96. The van der Waals surface area contributed by atoms with Crippen LogP contribution in [0.4, 0.5) is 5.82 Å². The summed E-state index contributed by atoms with van der Waals surface area (Å²) in [4.78, 5) is 49.4. The molecule has 0 bridgehead atoms. The van der Waals surface area contributed by atoms with E-state index in [9.17, 15) is 24.3 Å². The maximum atomic E-state index is 12.5. The average Bonchev–Trinajstić information content (AvgIpc) is 3.01. The van der Waals surface area contributed by atoms with Crippen LogP contribution in [0.2, 0.25) is 0 Å². The first kappa shape index (κ1) is 27.3. The molecule has 4 atom stereocenters. The van der Waals surface area contributed by atoms with Crippen LogP contribution in [0, 0.1) is 0 Å². The molecule has 1 aromatic heterocycles. The van der Waals surface area contributed by atoms with E-state index in [-0.39, 0.29) is 32.2 Å². The van der Waals surface area contributed by atoms with Gasteiger partial charge in [-0.3, -0.25) is 19.0 Å². The lowest BCUT2D eigenvalue weighted by Gasteiger charge is -2.27. The zero-order valence-electron chi connectivity index (χ0n) is 19.3. The second-order valence-electron chi connectivity index (χ2n) is 7.22. The van der Waals surface area contributed by atoms with Gasteiger partial charge in [-0.15, -0.1) is 0 Å². The van der Waals surface area contributed by atoms with Gasteiger partial charge < -0.3 is 38.8 Å². The van der Waals surface area contributed by atoms with Crippen molar-refractivity contribution in [3.8, 4) is 0 Å². The van der Waals surface area contributed by atoms with Gasteiger partial charge in [-0.1, -0.05) is 0 Å². The van der Waals surface area contributed by atoms with E-state index >= 15 is 0 Å². The molecular weight excluding hydrogens is 458 g/mol. The molecule has 14 nitrogen and oxygen atoms in total. The minimum absolute atomic E-state index is 0.0540. The molecule has 1 aromatic rings. The van der Waals surface area contributed by atoms with Crippen molar-refractivity contribution in [2.45, 2.75) is 58.7 Å². The number of nitrogens with one attached hydrogen (secondary N) is 1. The highest BCUT2D eigenvalue weighted by molar-refractivity contribution is 5.87. The van der Waals surface area contributed by atoms with E-state index in [1.165, 1.54) is 33.0 Å². The maximum Gasteiger partial charge on any atom is 0.351 e. The molecule has 0 spiro atoms. The number of esters is 2. The first-order chi connectivity index (χ1) is 16.1. The Hall–Kier alpha value is -2.91. The second kappa shape index (κ2) is 13.1. The highest BCUT2D eigenvalue weighted by Gasteiger charge is 2.45.